The van der Waals surface area contributed by atoms with Gasteiger partial charge < -0.3 is 14.2 Å². The normalized spacial score (nSPS) is 12.4. The van der Waals surface area contributed by atoms with E-state index in [-0.39, 0.29) is 37.5 Å². The van der Waals surface area contributed by atoms with Crippen LogP contribution in [0, 0.1) is 0 Å². The highest BCUT2D eigenvalue weighted by Gasteiger charge is 2.19. The number of unbranched alkanes of at least 4 members (excludes halogenated alkanes) is 39. The van der Waals surface area contributed by atoms with Gasteiger partial charge in [-0.05, 0) is 57.8 Å². The molecule has 0 N–H and O–H groups in total. The fourth-order valence-corrected chi connectivity index (χ4v) is 9.66. The molecule has 75 heavy (non-hydrogen) atoms. The molecule has 0 heterocycles. The largest absolute Gasteiger partial charge is 0.462 e. The van der Waals surface area contributed by atoms with Gasteiger partial charge in [-0.2, -0.15) is 0 Å². The maximum atomic E-state index is 12.9. The van der Waals surface area contributed by atoms with E-state index in [9.17, 15) is 14.4 Å². The molecule has 0 aromatic heterocycles. The highest BCUT2D eigenvalue weighted by atomic mass is 16.6. The summed E-state index contributed by atoms with van der Waals surface area (Å²) in [6, 6.07) is 0. The van der Waals surface area contributed by atoms with Gasteiger partial charge in [0.1, 0.15) is 13.2 Å². The first-order valence-corrected chi connectivity index (χ1v) is 32.8. The first-order valence-electron chi connectivity index (χ1n) is 32.8. The third kappa shape index (κ3) is 61.8. The van der Waals surface area contributed by atoms with E-state index in [2.05, 4.69) is 81.5 Å². The maximum absolute atomic E-state index is 12.9. The maximum Gasteiger partial charge on any atom is 0.306 e. The summed E-state index contributed by atoms with van der Waals surface area (Å²) in [7, 11) is 0. The molecule has 1 unspecified atom stereocenters. The van der Waals surface area contributed by atoms with E-state index in [4.69, 9.17) is 14.2 Å². The molecule has 436 valence electrons. The lowest BCUT2D eigenvalue weighted by atomic mass is 10.0. The monoisotopic (exact) mass is 1050 g/mol. The van der Waals surface area contributed by atoms with Crippen LogP contribution in [0.3, 0.4) is 0 Å². The van der Waals surface area contributed by atoms with Gasteiger partial charge in [-0.1, -0.05) is 326 Å². The molecule has 0 rings (SSSR count). The Morgan fingerprint density at radius 2 is 0.520 bits per heavy atom. The van der Waals surface area contributed by atoms with Crippen molar-refractivity contribution >= 4 is 17.9 Å². The van der Waals surface area contributed by atoms with E-state index in [1.54, 1.807) is 0 Å². The zero-order valence-corrected chi connectivity index (χ0v) is 50.1. The van der Waals surface area contributed by atoms with Gasteiger partial charge >= 0.3 is 17.9 Å². The van der Waals surface area contributed by atoms with Gasteiger partial charge in [0.05, 0.1) is 0 Å². The number of allylic oxidation sites excluding steroid dienone is 10. The van der Waals surface area contributed by atoms with Gasteiger partial charge in [-0.25, -0.2) is 0 Å². The van der Waals surface area contributed by atoms with Crippen molar-refractivity contribution in [3.8, 4) is 0 Å². The molecule has 6 heteroatoms. The molecule has 0 spiro atoms. The van der Waals surface area contributed by atoms with Crippen molar-refractivity contribution in [1.82, 2.24) is 0 Å². The topological polar surface area (TPSA) is 78.9 Å². The number of carbonyl (C=O) groups is 3. The van der Waals surface area contributed by atoms with Crippen molar-refractivity contribution in [1.29, 1.82) is 0 Å². The predicted octanol–water partition coefficient (Wildman–Crippen LogP) is 22.3. The van der Waals surface area contributed by atoms with Gasteiger partial charge in [-0.15, -0.1) is 0 Å². The third-order valence-corrected chi connectivity index (χ3v) is 14.5. The number of rotatable bonds is 60. The molecular formula is C69H124O6. The fraction of sp³-hybridized carbons (Fsp3) is 0.812. The van der Waals surface area contributed by atoms with E-state index < -0.39 is 6.10 Å². The predicted molar refractivity (Wildman–Crippen MR) is 325 cm³/mol. The quantitative estimate of drug-likeness (QED) is 0.0261. The second-order valence-corrected chi connectivity index (χ2v) is 22.0. The van der Waals surface area contributed by atoms with E-state index in [0.717, 1.165) is 77.0 Å². The highest BCUT2D eigenvalue weighted by molar-refractivity contribution is 5.71. The molecule has 6 nitrogen and oxygen atoms in total. The Morgan fingerprint density at radius 1 is 0.280 bits per heavy atom. The average Bonchev–Trinajstić information content (AvgIpc) is 3.41. The molecule has 0 aliphatic heterocycles. The van der Waals surface area contributed by atoms with Crippen LogP contribution in [0.15, 0.2) is 60.8 Å². The zero-order chi connectivity index (χ0) is 54.3. The van der Waals surface area contributed by atoms with Crippen molar-refractivity contribution in [2.75, 3.05) is 13.2 Å². The molecular weight excluding hydrogens is 925 g/mol. The Bertz CT molecular complexity index is 1340. The van der Waals surface area contributed by atoms with E-state index in [1.807, 2.05) is 0 Å². The van der Waals surface area contributed by atoms with Crippen LogP contribution in [-0.4, -0.2) is 37.2 Å². The Hall–Kier alpha value is -2.89. The summed E-state index contributed by atoms with van der Waals surface area (Å²) in [6.07, 6.45) is 81.0. The smallest absolute Gasteiger partial charge is 0.306 e. The summed E-state index contributed by atoms with van der Waals surface area (Å²) in [5.74, 6) is -0.929. The van der Waals surface area contributed by atoms with Gasteiger partial charge in [0.2, 0.25) is 0 Å². The lowest BCUT2D eigenvalue weighted by Gasteiger charge is -2.18. The second kappa shape index (κ2) is 63.6. The fourth-order valence-electron chi connectivity index (χ4n) is 9.66. The molecule has 0 aliphatic carbocycles. The van der Waals surface area contributed by atoms with Crippen molar-refractivity contribution in [3.05, 3.63) is 60.8 Å². The van der Waals surface area contributed by atoms with Crippen LogP contribution < -0.4 is 0 Å². The number of carbonyl (C=O) groups excluding carboxylic acids is 3. The van der Waals surface area contributed by atoms with Crippen LogP contribution in [0.2, 0.25) is 0 Å². The number of esters is 3. The molecule has 0 aromatic rings. The van der Waals surface area contributed by atoms with Crippen LogP contribution in [-0.2, 0) is 28.6 Å². The van der Waals surface area contributed by atoms with Gasteiger partial charge in [0.25, 0.3) is 0 Å². The minimum Gasteiger partial charge on any atom is -0.462 e. The molecule has 0 radical (unpaired) electrons. The Balaban J connectivity index is 4.35. The summed E-state index contributed by atoms with van der Waals surface area (Å²) >= 11 is 0. The van der Waals surface area contributed by atoms with Gasteiger partial charge in [0, 0.05) is 19.3 Å². The molecule has 0 bridgehead atoms. The standard InChI is InChI=1S/C69H124O6/c1-4-7-10-13-16-19-22-25-28-31-32-33-34-35-36-39-41-44-47-50-53-56-59-62-68(71)74-65-66(75-69(72)63-60-57-54-51-48-45-42-38-30-27-24-21-18-15-12-9-6-3)64-73-67(70)61-58-55-52-49-46-43-40-37-29-26-23-20-17-14-11-8-5-2/h9,12,18,21,27,30,42,45,51,54,66H,4-8,10-11,13-17,19-20,22-26,28-29,31-41,43-44,46-50,52-53,55-65H2,1-3H3/b12-9-,21-18-,30-27-,45-42-,54-51-. The SMILES string of the molecule is CC/C=C\C/C=C\C/C=C\C/C=C\C/C=C\CCCC(=O)OC(COC(=O)CCCCCCCCCCCCCCCCCCC)COC(=O)CCCCCCCCCCCCCCCCCCCCCCCCC. The lowest BCUT2D eigenvalue weighted by molar-refractivity contribution is -0.167. The summed E-state index contributed by atoms with van der Waals surface area (Å²) in [5.41, 5.74) is 0. The second-order valence-electron chi connectivity index (χ2n) is 22.0. The molecule has 0 saturated heterocycles. The number of ether oxygens (including phenoxy) is 3. The molecule has 1 atom stereocenters. The Morgan fingerprint density at radius 3 is 0.800 bits per heavy atom. The van der Waals surface area contributed by atoms with Gasteiger partial charge in [0.15, 0.2) is 6.10 Å². The summed E-state index contributed by atoms with van der Waals surface area (Å²) in [6.45, 7) is 6.54. The Kier molecular flexibility index (Phi) is 61.2. The van der Waals surface area contributed by atoms with Crippen LogP contribution in [0.1, 0.15) is 342 Å². The highest BCUT2D eigenvalue weighted by Crippen LogP contribution is 2.18. The zero-order valence-electron chi connectivity index (χ0n) is 50.1. The lowest BCUT2D eigenvalue weighted by Crippen LogP contribution is -2.30. The number of hydrogen-bond donors (Lipinski definition) is 0. The molecule has 0 aliphatic rings. The van der Waals surface area contributed by atoms with E-state index in [0.29, 0.717) is 19.3 Å². The summed E-state index contributed by atoms with van der Waals surface area (Å²) in [4.78, 5) is 38.3. The number of hydrogen-bond acceptors (Lipinski definition) is 6. The van der Waals surface area contributed by atoms with Crippen LogP contribution >= 0.6 is 0 Å². The first kappa shape index (κ1) is 72.1. The minimum absolute atomic E-state index is 0.0922. The molecule has 0 amide bonds. The van der Waals surface area contributed by atoms with E-state index >= 15 is 0 Å². The van der Waals surface area contributed by atoms with Crippen LogP contribution in [0.25, 0.3) is 0 Å². The van der Waals surface area contributed by atoms with Gasteiger partial charge in [-0.3, -0.25) is 14.4 Å². The van der Waals surface area contributed by atoms with E-state index in [1.165, 1.54) is 218 Å². The van der Waals surface area contributed by atoms with Crippen LogP contribution in [0.4, 0.5) is 0 Å². The van der Waals surface area contributed by atoms with Crippen molar-refractivity contribution < 1.29 is 28.6 Å². The Labute approximate surface area is 466 Å². The molecule has 0 saturated carbocycles. The third-order valence-electron chi connectivity index (χ3n) is 14.5. The van der Waals surface area contributed by atoms with Crippen LogP contribution in [0.5, 0.6) is 0 Å². The minimum atomic E-state index is -0.802. The van der Waals surface area contributed by atoms with Crippen molar-refractivity contribution in [3.63, 3.8) is 0 Å². The summed E-state index contributed by atoms with van der Waals surface area (Å²) < 4.78 is 16.9. The summed E-state index contributed by atoms with van der Waals surface area (Å²) in [5, 5.41) is 0. The van der Waals surface area contributed by atoms with Crippen molar-refractivity contribution in [2.45, 2.75) is 348 Å². The van der Waals surface area contributed by atoms with Crippen molar-refractivity contribution in [2.24, 2.45) is 0 Å². The average molecular weight is 1050 g/mol. The molecule has 0 fully saturated rings. The first-order chi connectivity index (χ1) is 37.0. The molecule has 0 aromatic carbocycles.